The van der Waals surface area contributed by atoms with Crippen molar-refractivity contribution in [1.29, 1.82) is 5.26 Å². The van der Waals surface area contributed by atoms with Gasteiger partial charge in [-0.15, -0.1) is 0 Å². The van der Waals surface area contributed by atoms with Crippen LogP contribution in [0.4, 0.5) is 0 Å². The van der Waals surface area contributed by atoms with Crippen molar-refractivity contribution in [2.24, 2.45) is 23.2 Å². The number of nitrogens with zero attached hydrogens (tertiary/aromatic N) is 1. The molecule has 2 fully saturated rings. The summed E-state index contributed by atoms with van der Waals surface area (Å²) in [6.07, 6.45) is 35.9. The maximum atomic E-state index is 11.1. The van der Waals surface area contributed by atoms with Gasteiger partial charge in [-0.05, 0) is 49.9 Å². The molecule has 0 radical (unpaired) electrons. The Morgan fingerprint density at radius 2 is 0.941 bits per heavy atom. The highest BCUT2D eigenvalue weighted by Crippen LogP contribution is 2.52. The van der Waals surface area contributed by atoms with Crippen LogP contribution in [0.15, 0.2) is 0 Å². The molecular weight excluding hydrogens is 410 g/mol. The Morgan fingerprint density at radius 1 is 0.588 bits per heavy atom. The lowest BCUT2D eigenvalue weighted by atomic mass is 9.55. The molecule has 2 atom stereocenters. The van der Waals surface area contributed by atoms with Crippen LogP contribution in [0.2, 0.25) is 0 Å². The van der Waals surface area contributed by atoms with E-state index >= 15 is 0 Å². The number of unbranched alkanes of at least 4 members (excludes halogenated alkanes) is 5. The minimum atomic E-state index is -0.0727. The summed E-state index contributed by atoms with van der Waals surface area (Å²) in [6, 6.07) is 3.20. The molecule has 1 heteroatoms. The van der Waals surface area contributed by atoms with Gasteiger partial charge in [0.05, 0.1) is 11.5 Å². The molecule has 0 aromatic carbocycles. The van der Waals surface area contributed by atoms with Crippen LogP contribution < -0.4 is 0 Å². The quantitative estimate of drug-likeness (QED) is 0.290. The van der Waals surface area contributed by atoms with Gasteiger partial charge in [0.2, 0.25) is 0 Å². The van der Waals surface area contributed by atoms with Crippen molar-refractivity contribution in [2.45, 2.75) is 181 Å². The number of hydrogen-bond donors (Lipinski definition) is 0. The van der Waals surface area contributed by atoms with Crippen LogP contribution in [-0.4, -0.2) is 0 Å². The fourth-order valence-corrected chi connectivity index (χ4v) is 7.65. The third-order valence-electron chi connectivity index (χ3n) is 9.81. The minimum Gasteiger partial charge on any atom is -0.198 e. The Morgan fingerprint density at radius 3 is 1.32 bits per heavy atom. The Kier molecular flexibility index (Phi) is 16.4. The Hall–Kier alpha value is -0.510. The summed E-state index contributed by atoms with van der Waals surface area (Å²) in [5.41, 5.74) is -0.0727. The molecule has 2 aliphatic carbocycles. The zero-order valence-electron chi connectivity index (χ0n) is 23.6. The number of rotatable bonds is 10. The summed E-state index contributed by atoms with van der Waals surface area (Å²) in [6.45, 7) is 4.82. The lowest BCUT2D eigenvalue weighted by Crippen LogP contribution is -2.43. The average Bonchev–Trinajstić information content (AvgIpc) is 2.92. The van der Waals surface area contributed by atoms with Gasteiger partial charge in [-0.2, -0.15) is 5.26 Å². The molecular formula is C33H61N. The van der Waals surface area contributed by atoms with Crippen molar-refractivity contribution >= 4 is 0 Å². The Balaban J connectivity index is 2.20. The van der Waals surface area contributed by atoms with Crippen LogP contribution in [-0.2, 0) is 0 Å². The normalized spacial score (nSPS) is 23.8. The summed E-state index contributed by atoms with van der Waals surface area (Å²) in [5, 5.41) is 11.1. The van der Waals surface area contributed by atoms with Crippen LogP contribution in [0.25, 0.3) is 0 Å². The molecule has 0 N–H and O–H groups in total. The van der Waals surface area contributed by atoms with E-state index in [-0.39, 0.29) is 5.41 Å². The predicted molar refractivity (Wildman–Crippen MR) is 150 cm³/mol. The highest BCUT2D eigenvalue weighted by molar-refractivity contribution is 5.09. The monoisotopic (exact) mass is 471 g/mol. The van der Waals surface area contributed by atoms with Gasteiger partial charge < -0.3 is 0 Å². The Bertz CT molecular complexity index is 497. The van der Waals surface area contributed by atoms with E-state index in [0.29, 0.717) is 17.8 Å². The molecule has 34 heavy (non-hydrogen) atoms. The molecule has 0 aromatic heterocycles. The topological polar surface area (TPSA) is 23.8 Å². The predicted octanol–water partition coefficient (Wildman–Crippen LogP) is 11.6. The van der Waals surface area contributed by atoms with E-state index in [9.17, 15) is 5.26 Å². The maximum absolute atomic E-state index is 11.1. The molecule has 2 aliphatic rings. The van der Waals surface area contributed by atoms with Gasteiger partial charge in [-0.1, -0.05) is 149 Å². The van der Waals surface area contributed by atoms with Gasteiger partial charge in [0, 0.05) is 0 Å². The number of hydrogen-bond acceptors (Lipinski definition) is 1. The average molecular weight is 472 g/mol. The van der Waals surface area contributed by atoms with E-state index in [2.05, 4.69) is 19.9 Å². The van der Waals surface area contributed by atoms with Crippen LogP contribution in [0.3, 0.4) is 0 Å². The van der Waals surface area contributed by atoms with Crippen molar-refractivity contribution in [3.05, 3.63) is 0 Å². The summed E-state index contributed by atoms with van der Waals surface area (Å²) in [4.78, 5) is 0. The van der Waals surface area contributed by atoms with Crippen molar-refractivity contribution in [1.82, 2.24) is 0 Å². The molecule has 0 aliphatic heterocycles. The van der Waals surface area contributed by atoms with Crippen molar-refractivity contribution in [2.75, 3.05) is 0 Å². The van der Waals surface area contributed by atoms with Crippen molar-refractivity contribution < 1.29 is 0 Å². The second-order valence-corrected chi connectivity index (χ2v) is 12.4. The van der Waals surface area contributed by atoms with Crippen molar-refractivity contribution in [3.63, 3.8) is 0 Å². The Labute approximate surface area is 215 Å². The fraction of sp³-hybridized carbons (Fsp3) is 0.970. The molecule has 0 saturated heterocycles. The lowest BCUT2D eigenvalue weighted by molar-refractivity contribution is 0.0351. The van der Waals surface area contributed by atoms with Gasteiger partial charge >= 0.3 is 0 Å². The number of nitriles is 1. The van der Waals surface area contributed by atoms with Gasteiger partial charge in [-0.25, -0.2) is 0 Å². The summed E-state index contributed by atoms with van der Waals surface area (Å²) in [5.74, 6) is 1.84. The van der Waals surface area contributed by atoms with E-state index in [4.69, 9.17) is 0 Å². The molecule has 0 heterocycles. The van der Waals surface area contributed by atoms with E-state index in [1.165, 1.54) is 167 Å². The SMILES string of the molecule is CCCCCCCCC(C)C(C#N)(C1CCCCCCCCCC1)C1CCCCCCCCC1. The fourth-order valence-electron chi connectivity index (χ4n) is 7.65. The second-order valence-electron chi connectivity index (χ2n) is 12.4. The molecule has 1 nitrogen and oxygen atoms in total. The summed E-state index contributed by atoms with van der Waals surface area (Å²) < 4.78 is 0. The lowest BCUT2D eigenvalue weighted by Gasteiger charge is -2.47. The first-order valence-electron chi connectivity index (χ1n) is 16.2. The van der Waals surface area contributed by atoms with E-state index in [1.807, 2.05) is 0 Å². The molecule has 198 valence electrons. The first-order chi connectivity index (χ1) is 16.8. The first-order valence-corrected chi connectivity index (χ1v) is 16.2. The van der Waals surface area contributed by atoms with Gasteiger partial charge in [0.1, 0.15) is 0 Å². The van der Waals surface area contributed by atoms with Crippen LogP contribution >= 0.6 is 0 Å². The maximum Gasteiger partial charge on any atom is 0.0698 e. The first kappa shape index (κ1) is 29.7. The molecule has 0 aromatic rings. The van der Waals surface area contributed by atoms with Gasteiger partial charge in [-0.3, -0.25) is 0 Å². The van der Waals surface area contributed by atoms with Crippen LogP contribution in [0.1, 0.15) is 181 Å². The minimum absolute atomic E-state index is 0.0727. The molecule has 0 amide bonds. The third-order valence-corrected chi connectivity index (χ3v) is 9.81. The molecule has 2 saturated carbocycles. The zero-order valence-corrected chi connectivity index (χ0v) is 23.6. The molecule has 0 bridgehead atoms. The summed E-state index contributed by atoms with van der Waals surface area (Å²) in [7, 11) is 0. The highest BCUT2D eigenvalue weighted by Gasteiger charge is 2.48. The molecule has 2 rings (SSSR count). The van der Waals surface area contributed by atoms with E-state index in [0.717, 1.165) is 0 Å². The standard InChI is InChI=1S/C33H61N/c1-3-4-5-6-14-19-24-30(2)33(29-34,32-27-22-17-12-9-13-18-23-28-32)31-25-20-15-10-7-8-11-16-21-26-31/h30-32H,3-28H2,1-2H3. The smallest absolute Gasteiger partial charge is 0.0698 e. The second kappa shape index (κ2) is 18.7. The highest BCUT2D eigenvalue weighted by atomic mass is 14.5. The molecule has 2 unspecified atom stereocenters. The summed E-state index contributed by atoms with van der Waals surface area (Å²) >= 11 is 0. The van der Waals surface area contributed by atoms with E-state index in [1.54, 1.807) is 0 Å². The van der Waals surface area contributed by atoms with E-state index < -0.39 is 0 Å². The third kappa shape index (κ3) is 10.2. The van der Waals surface area contributed by atoms with Crippen LogP contribution in [0.5, 0.6) is 0 Å². The molecule has 0 spiro atoms. The van der Waals surface area contributed by atoms with Gasteiger partial charge in [0.15, 0.2) is 0 Å². The van der Waals surface area contributed by atoms with Crippen molar-refractivity contribution in [3.8, 4) is 6.07 Å². The zero-order chi connectivity index (χ0) is 24.3. The largest absolute Gasteiger partial charge is 0.198 e. The van der Waals surface area contributed by atoms with Gasteiger partial charge in [0.25, 0.3) is 0 Å². The van der Waals surface area contributed by atoms with Crippen LogP contribution in [0, 0.1) is 34.5 Å².